The predicted molar refractivity (Wildman–Crippen MR) is 70.3 cm³/mol. The molecule has 0 aliphatic carbocycles. The molecule has 88 valence electrons. The van der Waals surface area contributed by atoms with E-state index in [0.717, 1.165) is 11.3 Å². The largest absolute Gasteiger partial charge is 0.366 e. The highest BCUT2D eigenvalue weighted by atomic mass is 32.1. The Morgan fingerprint density at radius 2 is 2.00 bits per heavy atom. The number of rotatable bonds is 3. The molecule has 5 heteroatoms. The van der Waals surface area contributed by atoms with E-state index in [4.69, 9.17) is 12.2 Å². The summed E-state index contributed by atoms with van der Waals surface area (Å²) >= 11 is 5.12. The maximum atomic E-state index is 12.7. The molecule has 1 aromatic heterocycles. The van der Waals surface area contributed by atoms with Crippen molar-refractivity contribution in [1.82, 2.24) is 10.3 Å². The molecule has 0 aliphatic rings. The Morgan fingerprint density at radius 3 is 2.65 bits per heavy atom. The monoisotopic (exact) mass is 249 g/mol. The summed E-state index contributed by atoms with van der Waals surface area (Å²) in [6.45, 7) is 0.566. The first-order chi connectivity index (χ1) is 8.24. The van der Waals surface area contributed by atoms with Crippen LogP contribution >= 0.6 is 12.2 Å². The van der Waals surface area contributed by atoms with Gasteiger partial charge in [0, 0.05) is 18.9 Å². The highest BCUT2D eigenvalue weighted by molar-refractivity contribution is 7.80. The summed E-state index contributed by atoms with van der Waals surface area (Å²) in [5.41, 5.74) is 1.88. The number of aromatic amines is 1. The van der Waals surface area contributed by atoms with Crippen LogP contribution in [0.4, 0.5) is 10.1 Å². The number of nitrogens with one attached hydrogen (secondary N) is 3. The van der Waals surface area contributed by atoms with Gasteiger partial charge in [0.2, 0.25) is 0 Å². The Bertz CT molecular complexity index is 479. The Hall–Kier alpha value is -1.88. The molecule has 0 spiro atoms. The number of H-pyrrole nitrogens is 1. The smallest absolute Gasteiger partial charge is 0.171 e. The molecule has 1 heterocycles. The van der Waals surface area contributed by atoms with Crippen molar-refractivity contribution in [2.24, 2.45) is 0 Å². The summed E-state index contributed by atoms with van der Waals surface area (Å²) in [5.74, 6) is -0.234. The van der Waals surface area contributed by atoms with E-state index in [1.165, 1.54) is 12.1 Å². The van der Waals surface area contributed by atoms with Crippen LogP contribution in [0, 0.1) is 5.82 Å². The number of hydrogen-bond donors (Lipinski definition) is 3. The van der Waals surface area contributed by atoms with E-state index in [-0.39, 0.29) is 5.82 Å². The molecule has 0 amide bonds. The quantitative estimate of drug-likeness (QED) is 0.732. The lowest BCUT2D eigenvalue weighted by Crippen LogP contribution is -2.27. The van der Waals surface area contributed by atoms with Crippen LogP contribution in [0.2, 0.25) is 0 Å². The maximum absolute atomic E-state index is 12.7. The van der Waals surface area contributed by atoms with Crippen LogP contribution in [0.15, 0.2) is 42.7 Å². The van der Waals surface area contributed by atoms with Gasteiger partial charge >= 0.3 is 0 Å². The second kappa shape index (κ2) is 5.45. The third-order valence-corrected chi connectivity index (χ3v) is 2.47. The molecular formula is C12H12FN3S. The van der Waals surface area contributed by atoms with Crippen molar-refractivity contribution in [3.63, 3.8) is 0 Å². The van der Waals surface area contributed by atoms with Gasteiger partial charge in [-0.3, -0.25) is 0 Å². The lowest BCUT2D eigenvalue weighted by atomic mass is 10.2. The first-order valence-electron chi connectivity index (χ1n) is 5.16. The highest BCUT2D eigenvalue weighted by Gasteiger charge is 1.98. The number of halogens is 1. The van der Waals surface area contributed by atoms with Gasteiger partial charge < -0.3 is 15.6 Å². The Balaban J connectivity index is 1.82. The molecule has 2 rings (SSSR count). The number of anilines is 1. The zero-order valence-corrected chi connectivity index (χ0v) is 9.85. The summed E-state index contributed by atoms with van der Waals surface area (Å²) in [7, 11) is 0. The van der Waals surface area contributed by atoms with Gasteiger partial charge in [0.1, 0.15) is 5.82 Å². The molecule has 0 bridgehead atoms. The van der Waals surface area contributed by atoms with Crippen LogP contribution in [0.1, 0.15) is 5.56 Å². The standard InChI is InChI=1S/C12H12FN3S/c13-10-3-1-9(2-4-10)7-15-12(17)16-11-5-6-14-8-11/h1-6,8,14H,7H2,(H2,15,16,17). The second-order valence-electron chi connectivity index (χ2n) is 3.53. The van der Waals surface area contributed by atoms with Crippen molar-refractivity contribution < 1.29 is 4.39 Å². The minimum Gasteiger partial charge on any atom is -0.366 e. The lowest BCUT2D eigenvalue weighted by Gasteiger charge is -2.08. The van der Waals surface area contributed by atoms with Gasteiger partial charge in [-0.25, -0.2) is 4.39 Å². The minimum absolute atomic E-state index is 0.234. The Kier molecular flexibility index (Phi) is 3.72. The van der Waals surface area contributed by atoms with Crippen LogP contribution in [0.25, 0.3) is 0 Å². The zero-order valence-electron chi connectivity index (χ0n) is 9.03. The zero-order chi connectivity index (χ0) is 12.1. The predicted octanol–water partition coefficient (Wildman–Crippen LogP) is 2.64. The molecule has 0 saturated heterocycles. The van der Waals surface area contributed by atoms with Crippen LogP contribution in [-0.2, 0) is 6.54 Å². The van der Waals surface area contributed by atoms with Crippen molar-refractivity contribution in [3.05, 3.63) is 54.1 Å². The first-order valence-corrected chi connectivity index (χ1v) is 5.57. The van der Waals surface area contributed by atoms with Crippen LogP contribution in [0.3, 0.4) is 0 Å². The molecule has 3 nitrogen and oxygen atoms in total. The topological polar surface area (TPSA) is 39.8 Å². The summed E-state index contributed by atoms with van der Waals surface area (Å²) in [5, 5.41) is 6.60. The summed E-state index contributed by atoms with van der Waals surface area (Å²) in [4.78, 5) is 2.92. The van der Waals surface area contributed by atoms with Crippen LogP contribution < -0.4 is 10.6 Å². The SMILES string of the molecule is Fc1ccc(CNC(=S)Nc2cc[nH]c2)cc1. The van der Waals surface area contributed by atoms with Gasteiger partial charge in [-0.15, -0.1) is 0 Å². The maximum Gasteiger partial charge on any atom is 0.171 e. The summed E-state index contributed by atoms with van der Waals surface area (Å²) in [6, 6.07) is 8.19. The van der Waals surface area contributed by atoms with Gasteiger partial charge in [0.15, 0.2) is 5.11 Å². The van der Waals surface area contributed by atoms with Gasteiger partial charge in [0.25, 0.3) is 0 Å². The number of aromatic nitrogens is 1. The molecule has 3 N–H and O–H groups in total. The molecule has 0 radical (unpaired) electrons. The van der Waals surface area contributed by atoms with E-state index < -0.39 is 0 Å². The average molecular weight is 249 g/mol. The van der Waals surface area contributed by atoms with Crippen molar-refractivity contribution >= 4 is 23.0 Å². The molecule has 0 saturated carbocycles. The van der Waals surface area contributed by atoms with Crippen molar-refractivity contribution in [3.8, 4) is 0 Å². The van der Waals surface area contributed by atoms with E-state index in [1.807, 2.05) is 18.5 Å². The Morgan fingerprint density at radius 1 is 1.24 bits per heavy atom. The molecule has 0 atom stereocenters. The van der Waals surface area contributed by atoms with Crippen LogP contribution in [-0.4, -0.2) is 10.1 Å². The van der Waals surface area contributed by atoms with E-state index in [0.29, 0.717) is 11.7 Å². The number of thiocarbonyl (C=S) groups is 1. The molecule has 1 aromatic carbocycles. The summed E-state index contributed by atoms with van der Waals surface area (Å²) < 4.78 is 12.7. The van der Waals surface area contributed by atoms with E-state index >= 15 is 0 Å². The fourth-order valence-corrected chi connectivity index (χ4v) is 1.55. The van der Waals surface area contributed by atoms with Crippen molar-refractivity contribution in [1.29, 1.82) is 0 Å². The third-order valence-electron chi connectivity index (χ3n) is 2.22. The average Bonchev–Trinajstić information content (AvgIpc) is 2.81. The van der Waals surface area contributed by atoms with Gasteiger partial charge in [-0.2, -0.15) is 0 Å². The molecule has 0 fully saturated rings. The fraction of sp³-hybridized carbons (Fsp3) is 0.0833. The molecule has 17 heavy (non-hydrogen) atoms. The Labute approximate surface area is 104 Å². The lowest BCUT2D eigenvalue weighted by molar-refractivity contribution is 0.627. The van der Waals surface area contributed by atoms with Gasteiger partial charge in [-0.05, 0) is 36.0 Å². The summed E-state index contributed by atoms with van der Waals surface area (Å²) in [6.07, 6.45) is 3.62. The highest BCUT2D eigenvalue weighted by Crippen LogP contribution is 2.04. The van der Waals surface area contributed by atoms with Gasteiger partial charge in [0.05, 0.1) is 5.69 Å². The molecular weight excluding hydrogens is 237 g/mol. The first kappa shape index (κ1) is 11.6. The van der Waals surface area contributed by atoms with E-state index in [2.05, 4.69) is 15.6 Å². The van der Waals surface area contributed by atoms with Crippen molar-refractivity contribution in [2.75, 3.05) is 5.32 Å². The van der Waals surface area contributed by atoms with Crippen LogP contribution in [0.5, 0.6) is 0 Å². The van der Waals surface area contributed by atoms with E-state index in [9.17, 15) is 4.39 Å². The fourth-order valence-electron chi connectivity index (χ4n) is 1.36. The van der Waals surface area contributed by atoms with Gasteiger partial charge in [-0.1, -0.05) is 12.1 Å². The molecule has 0 unspecified atom stereocenters. The number of hydrogen-bond acceptors (Lipinski definition) is 1. The molecule has 2 aromatic rings. The molecule has 0 aliphatic heterocycles. The third kappa shape index (κ3) is 3.57. The van der Waals surface area contributed by atoms with Crippen molar-refractivity contribution in [2.45, 2.75) is 6.54 Å². The normalized spacial score (nSPS) is 9.94. The minimum atomic E-state index is -0.234. The number of benzene rings is 1. The second-order valence-corrected chi connectivity index (χ2v) is 3.94. The van der Waals surface area contributed by atoms with E-state index in [1.54, 1.807) is 12.1 Å².